The molecule has 0 aliphatic carbocycles. The number of aromatic nitrogens is 1. The second-order valence-electron chi connectivity index (χ2n) is 6.17. The minimum atomic E-state index is -2.95. The molecule has 2 aromatic rings. The van der Waals surface area contributed by atoms with Crippen LogP contribution in [0.4, 0.5) is 5.82 Å². The van der Waals surface area contributed by atoms with Crippen molar-refractivity contribution in [3.8, 4) is 0 Å². The van der Waals surface area contributed by atoms with Crippen LogP contribution in [0.3, 0.4) is 0 Å². The summed E-state index contributed by atoms with van der Waals surface area (Å²) in [6.07, 6.45) is 2.89. The fourth-order valence-electron chi connectivity index (χ4n) is 2.84. The largest absolute Gasteiger partial charge is 0.366 e. The summed E-state index contributed by atoms with van der Waals surface area (Å²) in [4.78, 5) is 16.4. The second-order valence-corrected chi connectivity index (χ2v) is 8.39. The topological polar surface area (TPSA) is 88.2 Å². The third-order valence-corrected chi connectivity index (χ3v) is 5.92. The lowest BCUT2D eigenvalue weighted by molar-refractivity contribution is 0.0954. The Balaban J connectivity index is 1.54. The summed E-state index contributed by atoms with van der Waals surface area (Å²) in [5.41, 5.74) is 1.67. The molecule has 1 aliphatic heterocycles. The maximum absolute atomic E-state index is 12.3. The summed E-state index contributed by atoms with van der Waals surface area (Å²) >= 11 is 0. The molecule has 1 amide bonds. The zero-order chi connectivity index (χ0) is 17.7. The number of amides is 1. The van der Waals surface area contributed by atoms with E-state index >= 15 is 0 Å². The van der Waals surface area contributed by atoms with Crippen molar-refractivity contribution >= 4 is 21.6 Å². The number of carbonyl (C=O) groups excluding carboxylic acids is 1. The molecule has 1 aliphatic rings. The number of nitrogens with zero attached hydrogens (tertiary/aromatic N) is 1. The van der Waals surface area contributed by atoms with Gasteiger partial charge in [-0.2, -0.15) is 0 Å². The number of sulfone groups is 1. The van der Waals surface area contributed by atoms with E-state index in [-0.39, 0.29) is 23.5 Å². The van der Waals surface area contributed by atoms with Gasteiger partial charge in [-0.25, -0.2) is 13.4 Å². The van der Waals surface area contributed by atoms with Crippen LogP contribution in [0.15, 0.2) is 48.7 Å². The molecule has 1 fully saturated rings. The molecule has 0 radical (unpaired) electrons. The van der Waals surface area contributed by atoms with E-state index < -0.39 is 9.84 Å². The van der Waals surface area contributed by atoms with Gasteiger partial charge in [0.15, 0.2) is 9.84 Å². The van der Waals surface area contributed by atoms with Crippen LogP contribution < -0.4 is 10.6 Å². The molecule has 1 unspecified atom stereocenters. The van der Waals surface area contributed by atoms with Crippen molar-refractivity contribution in [1.29, 1.82) is 0 Å². The van der Waals surface area contributed by atoms with E-state index in [2.05, 4.69) is 15.6 Å². The first-order valence-corrected chi connectivity index (χ1v) is 10.1. The predicted octanol–water partition coefficient (Wildman–Crippen LogP) is 1.65. The van der Waals surface area contributed by atoms with Crippen LogP contribution in [-0.2, 0) is 16.3 Å². The van der Waals surface area contributed by atoms with Gasteiger partial charge >= 0.3 is 0 Å². The van der Waals surface area contributed by atoms with E-state index in [0.717, 1.165) is 6.42 Å². The average Bonchev–Trinajstić information content (AvgIpc) is 2.94. The molecule has 25 heavy (non-hydrogen) atoms. The Morgan fingerprint density at radius 1 is 1.20 bits per heavy atom. The molecule has 1 aromatic heterocycles. The molecule has 7 heteroatoms. The number of nitrogens with one attached hydrogen (secondary N) is 2. The molecule has 3 rings (SSSR count). The molecule has 0 saturated carbocycles. The Hall–Kier alpha value is -2.41. The van der Waals surface area contributed by atoms with E-state index in [1.807, 2.05) is 30.3 Å². The van der Waals surface area contributed by atoms with Crippen molar-refractivity contribution in [1.82, 2.24) is 10.3 Å². The van der Waals surface area contributed by atoms with Gasteiger partial charge in [0.2, 0.25) is 0 Å². The zero-order valence-corrected chi connectivity index (χ0v) is 14.6. The van der Waals surface area contributed by atoms with Crippen LogP contribution in [0.1, 0.15) is 22.3 Å². The lowest BCUT2D eigenvalue weighted by Crippen LogP contribution is -2.26. The smallest absolute Gasteiger partial charge is 0.251 e. The van der Waals surface area contributed by atoms with Crippen molar-refractivity contribution in [2.24, 2.45) is 0 Å². The summed E-state index contributed by atoms with van der Waals surface area (Å²) in [6.45, 7) is 0.550. The average molecular weight is 359 g/mol. The van der Waals surface area contributed by atoms with Gasteiger partial charge in [0.25, 0.3) is 5.91 Å². The molecule has 1 aromatic carbocycles. The monoisotopic (exact) mass is 359 g/mol. The van der Waals surface area contributed by atoms with Crippen LogP contribution in [0.2, 0.25) is 0 Å². The van der Waals surface area contributed by atoms with Gasteiger partial charge in [-0.15, -0.1) is 0 Å². The first-order chi connectivity index (χ1) is 12.0. The number of pyridine rings is 1. The van der Waals surface area contributed by atoms with Crippen LogP contribution in [0, 0.1) is 0 Å². The van der Waals surface area contributed by atoms with Gasteiger partial charge in [-0.3, -0.25) is 4.79 Å². The Morgan fingerprint density at radius 3 is 2.72 bits per heavy atom. The Bertz CT molecular complexity index is 838. The van der Waals surface area contributed by atoms with Crippen molar-refractivity contribution in [2.45, 2.75) is 18.9 Å². The molecule has 0 bridgehead atoms. The van der Waals surface area contributed by atoms with E-state index in [0.29, 0.717) is 24.3 Å². The standard InChI is InChI=1S/C18H21N3O3S/c22-18(20-9-6-14-4-2-1-3-5-14)15-7-10-19-17(12-15)21-16-8-11-25(23,24)13-16/h1-5,7,10,12,16H,6,8-9,11,13H2,(H,19,21)(H,20,22). The molecular formula is C18H21N3O3S. The first-order valence-electron chi connectivity index (χ1n) is 8.27. The SMILES string of the molecule is O=C(NCCc1ccccc1)c1ccnc(NC2CCS(=O)(=O)C2)c1. The zero-order valence-electron chi connectivity index (χ0n) is 13.8. The van der Waals surface area contributed by atoms with Gasteiger partial charge in [-0.05, 0) is 30.5 Å². The number of carbonyl (C=O) groups is 1. The van der Waals surface area contributed by atoms with Gasteiger partial charge < -0.3 is 10.6 Å². The highest BCUT2D eigenvalue weighted by Crippen LogP contribution is 2.16. The molecular weight excluding hydrogens is 338 g/mol. The Morgan fingerprint density at radius 2 is 2.00 bits per heavy atom. The number of hydrogen-bond donors (Lipinski definition) is 2. The summed E-state index contributed by atoms with van der Waals surface area (Å²) in [6, 6.07) is 13.1. The second kappa shape index (κ2) is 7.65. The van der Waals surface area contributed by atoms with E-state index in [4.69, 9.17) is 0 Å². The number of hydrogen-bond acceptors (Lipinski definition) is 5. The summed E-state index contributed by atoms with van der Waals surface area (Å²) in [5.74, 6) is 0.671. The van der Waals surface area contributed by atoms with Crippen LogP contribution >= 0.6 is 0 Å². The highest BCUT2D eigenvalue weighted by molar-refractivity contribution is 7.91. The van der Waals surface area contributed by atoms with E-state index in [9.17, 15) is 13.2 Å². The minimum absolute atomic E-state index is 0.113. The lowest BCUT2D eigenvalue weighted by atomic mass is 10.1. The minimum Gasteiger partial charge on any atom is -0.366 e. The van der Waals surface area contributed by atoms with Crippen molar-refractivity contribution in [3.05, 3.63) is 59.8 Å². The van der Waals surface area contributed by atoms with Gasteiger partial charge in [0, 0.05) is 24.3 Å². The number of rotatable bonds is 6. The number of benzene rings is 1. The third-order valence-electron chi connectivity index (χ3n) is 4.15. The maximum atomic E-state index is 12.3. The molecule has 0 spiro atoms. The van der Waals surface area contributed by atoms with Gasteiger partial charge in [0.05, 0.1) is 11.5 Å². The third kappa shape index (κ3) is 5.03. The summed E-state index contributed by atoms with van der Waals surface area (Å²) in [7, 11) is -2.95. The van der Waals surface area contributed by atoms with Crippen molar-refractivity contribution < 1.29 is 13.2 Å². The van der Waals surface area contributed by atoms with Gasteiger partial charge in [0.1, 0.15) is 5.82 Å². The molecule has 6 nitrogen and oxygen atoms in total. The Labute approximate surface area is 147 Å². The molecule has 132 valence electrons. The summed E-state index contributed by atoms with van der Waals surface area (Å²) in [5, 5.41) is 5.99. The fourth-order valence-corrected chi connectivity index (χ4v) is 4.51. The van der Waals surface area contributed by atoms with E-state index in [1.54, 1.807) is 18.3 Å². The molecule has 1 atom stereocenters. The van der Waals surface area contributed by atoms with Gasteiger partial charge in [-0.1, -0.05) is 30.3 Å². The van der Waals surface area contributed by atoms with Crippen molar-refractivity contribution in [2.75, 3.05) is 23.4 Å². The first kappa shape index (κ1) is 17.4. The highest BCUT2D eigenvalue weighted by Gasteiger charge is 2.27. The predicted molar refractivity (Wildman–Crippen MR) is 97.4 cm³/mol. The van der Waals surface area contributed by atoms with Crippen LogP contribution in [0.5, 0.6) is 0 Å². The molecule has 2 N–H and O–H groups in total. The number of anilines is 1. The molecule has 2 heterocycles. The Kier molecular flexibility index (Phi) is 5.33. The van der Waals surface area contributed by atoms with Crippen molar-refractivity contribution in [3.63, 3.8) is 0 Å². The highest BCUT2D eigenvalue weighted by atomic mass is 32.2. The van der Waals surface area contributed by atoms with Crippen LogP contribution in [0.25, 0.3) is 0 Å². The lowest BCUT2D eigenvalue weighted by Gasteiger charge is -2.12. The normalized spacial score (nSPS) is 18.6. The van der Waals surface area contributed by atoms with Crippen LogP contribution in [-0.4, -0.2) is 43.4 Å². The molecule has 1 saturated heterocycles. The summed E-state index contributed by atoms with van der Waals surface area (Å²) < 4.78 is 23.0. The maximum Gasteiger partial charge on any atom is 0.251 e. The quantitative estimate of drug-likeness (QED) is 0.819. The van der Waals surface area contributed by atoms with E-state index in [1.165, 1.54) is 5.56 Å². The fraction of sp³-hybridized carbons (Fsp3) is 0.333.